The standard InChI is InChI=1S/C18H23N3O7/c1-4-18(2,3)19-15(22)11-27-16(23)6-5-9-20-13-8-7-12(21(25)26)10-14(13)28-17(20)24/h7-8,10H,4-6,9,11H2,1-3H3,(H,19,22). The number of benzene rings is 1. The molecule has 1 heterocycles. The van der Waals surface area contributed by atoms with Crippen LogP contribution in [0.2, 0.25) is 0 Å². The van der Waals surface area contributed by atoms with Crippen LogP contribution in [-0.2, 0) is 20.9 Å². The quantitative estimate of drug-likeness (QED) is 0.392. The van der Waals surface area contributed by atoms with Gasteiger partial charge in [-0.25, -0.2) is 4.79 Å². The number of oxazole rings is 1. The number of hydrogen-bond donors (Lipinski definition) is 1. The molecule has 0 saturated heterocycles. The van der Waals surface area contributed by atoms with Gasteiger partial charge in [0.05, 0.1) is 16.5 Å². The summed E-state index contributed by atoms with van der Waals surface area (Å²) in [7, 11) is 0. The van der Waals surface area contributed by atoms with Crippen LogP contribution in [0.4, 0.5) is 5.69 Å². The summed E-state index contributed by atoms with van der Waals surface area (Å²) in [6, 6.07) is 3.88. The molecule has 0 radical (unpaired) electrons. The topological polar surface area (TPSA) is 134 Å². The van der Waals surface area contributed by atoms with Crippen molar-refractivity contribution in [1.29, 1.82) is 0 Å². The number of esters is 1. The molecule has 1 N–H and O–H groups in total. The number of non-ortho nitro benzene ring substituents is 1. The highest BCUT2D eigenvalue weighted by Crippen LogP contribution is 2.20. The molecule has 0 saturated carbocycles. The van der Waals surface area contributed by atoms with Gasteiger partial charge in [0.2, 0.25) is 0 Å². The normalized spacial score (nSPS) is 11.4. The molecule has 0 atom stereocenters. The lowest BCUT2D eigenvalue weighted by Gasteiger charge is -2.24. The first-order valence-electron chi connectivity index (χ1n) is 8.87. The molecule has 2 aromatic rings. The first-order chi connectivity index (χ1) is 13.1. The van der Waals surface area contributed by atoms with Crippen LogP contribution < -0.4 is 11.1 Å². The molecule has 0 aliphatic carbocycles. The van der Waals surface area contributed by atoms with E-state index in [0.717, 1.165) is 6.42 Å². The Morgan fingerprint density at radius 2 is 2.07 bits per heavy atom. The molecule has 2 rings (SSSR count). The number of nitrogens with one attached hydrogen (secondary N) is 1. The molecule has 0 aliphatic heterocycles. The van der Waals surface area contributed by atoms with Crippen molar-refractivity contribution in [3.63, 3.8) is 0 Å². The summed E-state index contributed by atoms with van der Waals surface area (Å²) in [5.74, 6) is -1.59. The Hall–Kier alpha value is -3.17. The number of carbonyl (C=O) groups is 2. The third-order valence-corrected chi connectivity index (χ3v) is 4.35. The van der Waals surface area contributed by atoms with Crippen molar-refractivity contribution in [2.45, 2.75) is 52.1 Å². The monoisotopic (exact) mass is 393 g/mol. The minimum Gasteiger partial charge on any atom is -0.456 e. The molecule has 0 fully saturated rings. The second-order valence-corrected chi connectivity index (χ2v) is 6.98. The molecular formula is C18H23N3O7. The van der Waals surface area contributed by atoms with Crippen molar-refractivity contribution in [1.82, 2.24) is 9.88 Å². The second kappa shape index (κ2) is 8.68. The number of nitro groups is 1. The van der Waals surface area contributed by atoms with E-state index in [-0.39, 0.29) is 48.7 Å². The zero-order valence-electron chi connectivity index (χ0n) is 16.0. The minimum atomic E-state index is -0.662. The summed E-state index contributed by atoms with van der Waals surface area (Å²) < 4.78 is 11.2. The third-order valence-electron chi connectivity index (χ3n) is 4.35. The molecule has 1 aromatic carbocycles. The van der Waals surface area contributed by atoms with Crippen molar-refractivity contribution in [2.75, 3.05) is 6.61 Å². The highest BCUT2D eigenvalue weighted by molar-refractivity contribution is 5.81. The SMILES string of the molecule is CCC(C)(C)NC(=O)COC(=O)CCCn1c(=O)oc2cc([N+](=O)[O-])ccc21. The van der Waals surface area contributed by atoms with Crippen LogP contribution in [0.5, 0.6) is 0 Å². The molecule has 0 bridgehead atoms. The van der Waals surface area contributed by atoms with Crippen molar-refractivity contribution >= 4 is 28.7 Å². The van der Waals surface area contributed by atoms with Crippen LogP contribution in [0.1, 0.15) is 40.0 Å². The van der Waals surface area contributed by atoms with E-state index in [4.69, 9.17) is 9.15 Å². The van der Waals surface area contributed by atoms with Crippen molar-refractivity contribution in [3.05, 3.63) is 38.9 Å². The lowest BCUT2D eigenvalue weighted by Crippen LogP contribution is -2.44. The Morgan fingerprint density at radius 3 is 2.71 bits per heavy atom. The first kappa shape index (κ1) is 21.1. The van der Waals surface area contributed by atoms with Crippen molar-refractivity contribution in [2.24, 2.45) is 0 Å². The zero-order chi connectivity index (χ0) is 20.9. The molecule has 28 heavy (non-hydrogen) atoms. The van der Waals surface area contributed by atoms with Crippen LogP contribution in [0, 0.1) is 10.1 Å². The van der Waals surface area contributed by atoms with E-state index in [0.29, 0.717) is 5.52 Å². The lowest BCUT2D eigenvalue weighted by molar-refractivity contribution is -0.384. The number of ether oxygens (including phenoxy) is 1. The first-order valence-corrected chi connectivity index (χ1v) is 8.87. The average Bonchev–Trinajstić information content (AvgIpc) is 2.94. The van der Waals surface area contributed by atoms with Crippen LogP contribution >= 0.6 is 0 Å². The van der Waals surface area contributed by atoms with Gasteiger partial charge in [0.15, 0.2) is 12.2 Å². The van der Waals surface area contributed by atoms with Gasteiger partial charge in [-0.2, -0.15) is 0 Å². The van der Waals surface area contributed by atoms with E-state index < -0.39 is 16.6 Å². The number of carbonyl (C=O) groups excluding carboxylic acids is 2. The predicted molar refractivity (Wildman–Crippen MR) is 99.8 cm³/mol. The van der Waals surface area contributed by atoms with Gasteiger partial charge in [-0.1, -0.05) is 6.92 Å². The van der Waals surface area contributed by atoms with Crippen LogP contribution in [0.25, 0.3) is 11.1 Å². The Bertz CT molecular complexity index is 942. The Morgan fingerprint density at radius 1 is 1.36 bits per heavy atom. The van der Waals surface area contributed by atoms with E-state index in [1.54, 1.807) is 0 Å². The maximum absolute atomic E-state index is 11.9. The summed E-state index contributed by atoms with van der Waals surface area (Å²) in [6.45, 7) is 5.49. The van der Waals surface area contributed by atoms with Gasteiger partial charge in [-0.15, -0.1) is 0 Å². The Kier molecular flexibility index (Phi) is 6.55. The van der Waals surface area contributed by atoms with Crippen LogP contribution in [0.3, 0.4) is 0 Å². The smallest absolute Gasteiger partial charge is 0.419 e. The third kappa shape index (κ3) is 5.41. The molecule has 0 spiro atoms. The summed E-state index contributed by atoms with van der Waals surface area (Å²) >= 11 is 0. The largest absolute Gasteiger partial charge is 0.456 e. The van der Waals surface area contributed by atoms with Gasteiger partial charge in [-0.3, -0.25) is 24.3 Å². The minimum absolute atomic E-state index is 0.0105. The summed E-state index contributed by atoms with van der Waals surface area (Å²) in [5.41, 5.74) is -0.0362. The number of nitro benzene ring substituents is 1. The van der Waals surface area contributed by atoms with E-state index in [1.807, 2.05) is 20.8 Å². The number of nitrogens with zero attached hydrogens (tertiary/aromatic N) is 2. The molecular weight excluding hydrogens is 370 g/mol. The number of hydrogen-bond acceptors (Lipinski definition) is 7. The predicted octanol–water partition coefficient (Wildman–Crippen LogP) is 2.13. The highest BCUT2D eigenvalue weighted by Gasteiger charge is 2.19. The molecule has 0 aliphatic rings. The van der Waals surface area contributed by atoms with E-state index in [2.05, 4.69) is 5.32 Å². The van der Waals surface area contributed by atoms with E-state index in [9.17, 15) is 24.5 Å². The van der Waals surface area contributed by atoms with Crippen LogP contribution in [0.15, 0.2) is 27.4 Å². The molecule has 1 aromatic heterocycles. The summed E-state index contributed by atoms with van der Waals surface area (Å²) in [4.78, 5) is 45.7. The summed E-state index contributed by atoms with van der Waals surface area (Å²) in [6.07, 6.45) is 1.03. The van der Waals surface area contributed by atoms with Gasteiger partial charge >= 0.3 is 11.7 Å². The summed E-state index contributed by atoms with van der Waals surface area (Å²) in [5, 5.41) is 13.5. The van der Waals surface area contributed by atoms with Gasteiger partial charge in [0.25, 0.3) is 11.6 Å². The maximum atomic E-state index is 11.9. The maximum Gasteiger partial charge on any atom is 0.419 e. The van der Waals surface area contributed by atoms with E-state index in [1.165, 1.54) is 22.8 Å². The number of aryl methyl sites for hydroxylation is 1. The number of fused-ring (bicyclic) bond motifs is 1. The zero-order valence-corrected chi connectivity index (χ0v) is 16.0. The number of rotatable bonds is 9. The molecule has 10 nitrogen and oxygen atoms in total. The fraction of sp³-hybridized carbons (Fsp3) is 0.500. The lowest BCUT2D eigenvalue weighted by atomic mass is 10.0. The van der Waals surface area contributed by atoms with E-state index >= 15 is 0 Å². The second-order valence-electron chi connectivity index (χ2n) is 6.98. The highest BCUT2D eigenvalue weighted by atomic mass is 16.6. The fourth-order valence-corrected chi connectivity index (χ4v) is 2.48. The van der Waals surface area contributed by atoms with Crippen molar-refractivity contribution < 1.29 is 23.7 Å². The molecule has 0 unspecified atom stereocenters. The Balaban J connectivity index is 1.87. The van der Waals surface area contributed by atoms with Gasteiger partial charge < -0.3 is 14.5 Å². The average molecular weight is 393 g/mol. The molecule has 10 heteroatoms. The van der Waals surface area contributed by atoms with Gasteiger partial charge in [0, 0.05) is 24.6 Å². The number of amides is 1. The Labute approximate surface area is 160 Å². The van der Waals surface area contributed by atoms with Crippen molar-refractivity contribution in [3.8, 4) is 0 Å². The fourth-order valence-electron chi connectivity index (χ4n) is 2.48. The molecule has 1 amide bonds. The molecule has 152 valence electrons. The van der Waals surface area contributed by atoms with Crippen LogP contribution in [-0.4, -0.2) is 33.5 Å². The van der Waals surface area contributed by atoms with Gasteiger partial charge in [0.1, 0.15) is 0 Å². The van der Waals surface area contributed by atoms with Gasteiger partial charge in [-0.05, 0) is 32.8 Å². The number of aromatic nitrogens is 1.